The van der Waals surface area contributed by atoms with Crippen LogP contribution in [-0.2, 0) is 28.4 Å². The molecule has 4 atom stereocenters. The SMILES string of the molecule is C[C@@H]1OCCOCCO[C@@H](C)[C@H](C)OCCOCCO[C@H]1C. The van der Waals surface area contributed by atoms with Crippen molar-refractivity contribution in [3.63, 3.8) is 0 Å². The van der Waals surface area contributed by atoms with Gasteiger partial charge in [-0.05, 0) is 27.7 Å². The molecule has 0 aliphatic carbocycles. The van der Waals surface area contributed by atoms with Crippen molar-refractivity contribution in [2.75, 3.05) is 52.9 Å². The molecule has 6 heteroatoms. The average molecular weight is 320 g/mol. The van der Waals surface area contributed by atoms with Gasteiger partial charge in [-0.15, -0.1) is 0 Å². The molecule has 0 spiro atoms. The predicted molar refractivity (Wildman–Crippen MR) is 83.3 cm³/mol. The predicted octanol–water partition coefficient (Wildman–Crippen LogP) is 1.65. The van der Waals surface area contributed by atoms with Crippen molar-refractivity contribution in [3.8, 4) is 0 Å². The molecule has 0 aromatic heterocycles. The molecule has 0 aromatic rings. The van der Waals surface area contributed by atoms with Gasteiger partial charge in [-0.25, -0.2) is 0 Å². The molecule has 0 unspecified atom stereocenters. The van der Waals surface area contributed by atoms with E-state index >= 15 is 0 Å². The first-order chi connectivity index (χ1) is 10.6. The Bertz CT molecular complexity index is 213. The second kappa shape index (κ2) is 12.2. The van der Waals surface area contributed by atoms with Gasteiger partial charge < -0.3 is 28.4 Å². The van der Waals surface area contributed by atoms with Crippen LogP contribution in [0.5, 0.6) is 0 Å². The van der Waals surface area contributed by atoms with Crippen molar-refractivity contribution in [1.82, 2.24) is 0 Å². The monoisotopic (exact) mass is 320 g/mol. The minimum absolute atomic E-state index is 0.0305. The highest BCUT2D eigenvalue weighted by atomic mass is 16.6. The summed E-state index contributed by atoms with van der Waals surface area (Å²) in [6, 6.07) is 0. The van der Waals surface area contributed by atoms with E-state index in [9.17, 15) is 0 Å². The van der Waals surface area contributed by atoms with Crippen LogP contribution in [0.25, 0.3) is 0 Å². The van der Waals surface area contributed by atoms with Crippen LogP contribution in [0, 0.1) is 0 Å². The van der Waals surface area contributed by atoms with Crippen LogP contribution < -0.4 is 0 Å². The van der Waals surface area contributed by atoms with Gasteiger partial charge in [-0.3, -0.25) is 0 Å². The van der Waals surface area contributed by atoms with Crippen LogP contribution in [0.3, 0.4) is 0 Å². The summed E-state index contributed by atoms with van der Waals surface area (Å²) in [5, 5.41) is 0. The summed E-state index contributed by atoms with van der Waals surface area (Å²) < 4.78 is 33.7. The first-order valence-electron chi connectivity index (χ1n) is 8.23. The van der Waals surface area contributed by atoms with Gasteiger partial charge in [0, 0.05) is 0 Å². The minimum atomic E-state index is 0.0305. The second-order valence-electron chi connectivity index (χ2n) is 5.53. The third kappa shape index (κ3) is 9.02. The molecule has 0 radical (unpaired) electrons. The molecule has 0 N–H and O–H groups in total. The van der Waals surface area contributed by atoms with Gasteiger partial charge in [-0.1, -0.05) is 0 Å². The lowest BCUT2D eigenvalue weighted by molar-refractivity contribution is -0.102. The zero-order chi connectivity index (χ0) is 16.2. The Balaban J connectivity index is 2.31. The number of hydrogen-bond donors (Lipinski definition) is 0. The summed E-state index contributed by atoms with van der Waals surface area (Å²) in [6.07, 6.45) is 0.122. The van der Waals surface area contributed by atoms with Crippen molar-refractivity contribution in [2.45, 2.75) is 52.1 Å². The van der Waals surface area contributed by atoms with Gasteiger partial charge in [0.2, 0.25) is 0 Å². The minimum Gasteiger partial charge on any atom is -0.377 e. The fourth-order valence-corrected chi connectivity index (χ4v) is 1.92. The Labute approximate surface area is 134 Å². The fourth-order valence-electron chi connectivity index (χ4n) is 1.92. The van der Waals surface area contributed by atoms with E-state index in [1.165, 1.54) is 0 Å². The van der Waals surface area contributed by atoms with Crippen molar-refractivity contribution in [2.24, 2.45) is 0 Å². The van der Waals surface area contributed by atoms with Gasteiger partial charge in [0.25, 0.3) is 0 Å². The van der Waals surface area contributed by atoms with E-state index in [1.54, 1.807) is 0 Å². The number of ether oxygens (including phenoxy) is 6. The van der Waals surface area contributed by atoms with Crippen molar-refractivity contribution < 1.29 is 28.4 Å². The first-order valence-corrected chi connectivity index (χ1v) is 8.23. The summed E-state index contributed by atoms with van der Waals surface area (Å²) in [5.74, 6) is 0. The highest BCUT2D eigenvalue weighted by molar-refractivity contribution is 4.61. The molecule has 132 valence electrons. The van der Waals surface area contributed by atoms with Crippen LogP contribution in [0.15, 0.2) is 0 Å². The third-order valence-electron chi connectivity index (χ3n) is 3.76. The van der Waals surface area contributed by atoms with Gasteiger partial charge >= 0.3 is 0 Å². The number of hydrogen-bond acceptors (Lipinski definition) is 6. The largest absolute Gasteiger partial charge is 0.377 e. The van der Waals surface area contributed by atoms with E-state index in [2.05, 4.69) is 0 Å². The van der Waals surface area contributed by atoms with Crippen molar-refractivity contribution in [3.05, 3.63) is 0 Å². The Morgan fingerprint density at radius 1 is 0.409 bits per heavy atom. The molecule has 6 nitrogen and oxygen atoms in total. The van der Waals surface area contributed by atoms with Gasteiger partial charge in [-0.2, -0.15) is 0 Å². The first kappa shape index (κ1) is 19.8. The summed E-state index contributed by atoms with van der Waals surface area (Å²) in [6.45, 7) is 12.5. The van der Waals surface area contributed by atoms with Crippen molar-refractivity contribution >= 4 is 0 Å². The van der Waals surface area contributed by atoms with Crippen LogP contribution in [-0.4, -0.2) is 77.3 Å². The smallest absolute Gasteiger partial charge is 0.0807 e. The Morgan fingerprint density at radius 2 is 0.636 bits per heavy atom. The standard InChI is InChI=1S/C16H32O6/c1-13-14(2)20-10-6-18-8-12-22-16(4)15(3)21-11-7-17-5-9-19-13/h13-16H,5-12H2,1-4H3/t13-,14-,15-,16-/m0/s1. The van der Waals surface area contributed by atoms with Crippen LogP contribution >= 0.6 is 0 Å². The van der Waals surface area contributed by atoms with Crippen LogP contribution in [0.2, 0.25) is 0 Å². The topological polar surface area (TPSA) is 55.4 Å². The lowest BCUT2D eigenvalue weighted by Gasteiger charge is -2.23. The maximum absolute atomic E-state index is 5.69. The zero-order valence-corrected chi connectivity index (χ0v) is 14.4. The second-order valence-corrected chi connectivity index (χ2v) is 5.53. The molecule has 1 rings (SSSR count). The van der Waals surface area contributed by atoms with E-state index in [0.717, 1.165) is 0 Å². The van der Waals surface area contributed by atoms with E-state index in [1.807, 2.05) is 27.7 Å². The maximum Gasteiger partial charge on any atom is 0.0807 e. The average Bonchev–Trinajstić information content (AvgIpc) is 2.51. The molecule has 22 heavy (non-hydrogen) atoms. The zero-order valence-electron chi connectivity index (χ0n) is 14.4. The highest BCUT2D eigenvalue weighted by Crippen LogP contribution is 2.05. The van der Waals surface area contributed by atoms with Gasteiger partial charge in [0.15, 0.2) is 0 Å². The molecule has 1 aliphatic heterocycles. The molecule has 0 bridgehead atoms. The van der Waals surface area contributed by atoms with E-state index in [-0.39, 0.29) is 24.4 Å². The summed E-state index contributed by atoms with van der Waals surface area (Å²) in [5.41, 5.74) is 0. The molecule has 1 saturated heterocycles. The van der Waals surface area contributed by atoms with E-state index < -0.39 is 0 Å². The normalized spacial score (nSPS) is 35.5. The summed E-state index contributed by atoms with van der Waals surface area (Å²) >= 11 is 0. The fraction of sp³-hybridized carbons (Fsp3) is 1.00. The van der Waals surface area contributed by atoms with Gasteiger partial charge in [0.1, 0.15) is 0 Å². The molecule has 0 aromatic carbocycles. The molecule has 0 amide bonds. The summed E-state index contributed by atoms with van der Waals surface area (Å²) in [4.78, 5) is 0. The molecular weight excluding hydrogens is 288 g/mol. The molecule has 1 fully saturated rings. The Hall–Kier alpha value is -0.240. The molecule has 1 heterocycles. The van der Waals surface area contributed by atoms with E-state index in [0.29, 0.717) is 52.9 Å². The number of rotatable bonds is 0. The molecular formula is C16H32O6. The quantitative estimate of drug-likeness (QED) is 0.676. The van der Waals surface area contributed by atoms with Crippen LogP contribution in [0.4, 0.5) is 0 Å². The lowest BCUT2D eigenvalue weighted by Crippen LogP contribution is -2.30. The Morgan fingerprint density at radius 3 is 0.864 bits per heavy atom. The Kier molecular flexibility index (Phi) is 11.0. The van der Waals surface area contributed by atoms with Crippen LogP contribution in [0.1, 0.15) is 27.7 Å². The highest BCUT2D eigenvalue weighted by Gasteiger charge is 2.14. The maximum atomic E-state index is 5.69. The third-order valence-corrected chi connectivity index (χ3v) is 3.76. The van der Waals surface area contributed by atoms with Crippen molar-refractivity contribution in [1.29, 1.82) is 0 Å². The molecule has 1 aliphatic rings. The van der Waals surface area contributed by atoms with E-state index in [4.69, 9.17) is 28.4 Å². The van der Waals surface area contributed by atoms with Gasteiger partial charge in [0.05, 0.1) is 77.3 Å². The molecule has 0 saturated carbocycles. The lowest BCUT2D eigenvalue weighted by atomic mass is 10.2. The summed E-state index contributed by atoms with van der Waals surface area (Å²) in [7, 11) is 0.